The van der Waals surface area contributed by atoms with Crippen molar-refractivity contribution < 1.29 is 54.2 Å². The number of halogens is 1. The number of likely N-dealkylation sites (N-methyl/N-ethyl adjacent to an activating group) is 2. The summed E-state index contributed by atoms with van der Waals surface area (Å²) in [5, 5.41) is 53.7. The molecule has 8 N–H and O–H groups in total. The van der Waals surface area contributed by atoms with E-state index in [9.17, 15) is 29.1 Å². The first-order valence-electron chi connectivity index (χ1n) is 22.7. The maximum absolute atomic E-state index is 12.1. The smallest absolute Gasteiger partial charge is 0.227 e. The number of nitrogens with one attached hydrogen (secondary N) is 3. The van der Waals surface area contributed by atoms with Crippen LogP contribution >= 0.6 is 29.9 Å². The fraction of sp³-hybridized carbons (Fsp3) is 0.327. The first kappa shape index (κ1) is 61.3. The van der Waals surface area contributed by atoms with Crippen LogP contribution in [0.15, 0.2) is 127 Å². The van der Waals surface area contributed by atoms with Crippen molar-refractivity contribution in [1.29, 1.82) is 0 Å². The van der Waals surface area contributed by atoms with Crippen molar-refractivity contribution >= 4 is 83.4 Å². The lowest BCUT2D eigenvalue weighted by Crippen LogP contribution is -2.37. The Bertz CT molecular complexity index is 2320. The van der Waals surface area contributed by atoms with Crippen LogP contribution in [0.3, 0.4) is 0 Å². The summed E-state index contributed by atoms with van der Waals surface area (Å²) in [4.78, 5) is 58.7. The van der Waals surface area contributed by atoms with Crippen molar-refractivity contribution in [3.8, 4) is 23.0 Å². The number of nitrogens with zero attached hydrogens (tertiary/aromatic N) is 2. The number of phenolic OH excluding ortho intramolecular Hbond substituents is 3. The number of aromatic hydroxyl groups is 3. The molecule has 8 rings (SSSR count). The number of hydrogen-bond acceptors (Lipinski definition) is 14. The molecule has 0 aliphatic carbocycles. The lowest BCUT2D eigenvalue weighted by molar-refractivity contribution is -0.119. The number of para-hydroxylation sites is 2. The molecule has 5 aromatic rings. The van der Waals surface area contributed by atoms with E-state index in [1.165, 1.54) is 27.8 Å². The summed E-state index contributed by atoms with van der Waals surface area (Å²) in [7, 11) is 4.88. The van der Waals surface area contributed by atoms with E-state index in [0.29, 0.717) is 44.0 Å². The Morgan fingerprint density at radius 2 is 1.08 bits per heavy atom. The molecule has 19 heteroatoms. The maximum atomic E-state index is 12.1. The first-order valence-corrected chi connectivity index (χ1v) is 26.1. The Balaban J connectivity index is 0.000000310. The topological polar surface area (TPSA) is 238 Å². The Kier molecular flexibility index (Phi) is 31.2. The van der Waals surface area contributed by atoms with E-state index in [4.69, 9.17) is 25.2 Å². The minimum atomic E-state index is -0.199. The lowest BCUT2D eigenvalue weighted by Gasteiger charge is -2.25. The number of rotatable bonds is 12. The van der Waals surface area contributed by atoms with Gasteiger partial charge in [0, 0.05) is 47.3 Å². The third kappa shape index (κ3) is 22.4. The normalized spacial score (nSPS) is 16.3. The van der Waals surface area contributed by atoms with Gasteiger partial charge < -0.3 is 56.0 Å². The highest BCUT2D eigenvalue weighted by atomic mass is 127. The molecule has 3 aliphatic rings. The van der Waals surface area contributed by atoms with Gasteiger partial charge in [0.25, 0.3) is 0 Å². The fourth-order valence-electron chi connectivity index (χ4n) is 6.81. The largest absolute Gasteiger partial charge is 0.507 e. The fourth-order valence-corrected chi connectivity index (χ4v) is 7.22. The molecule has 3 saturated heterocycles. The van der Waals surface area contributed by atoms with Crippen molar-refractivity contribution in [3.63, 3.8) is 0 Å². The van der Waals surface area contributed by atoms with Gasteiger partial charge in [0.2, 0.25) is 17.7 Å². The van der Waals surface area contributed by atoms with Gasteiger partial charge in [-0.25, -0.2) is 0 Å². The van der Waals surface area contributed by atoms with E-state index in [1.807, 2.05) is 99.6 Å². The van der Waals surface area contributed by atoms with Crippen LogP contribution in [-0.2, 0) is 26.2 Å². The number of hydrogen-bond donors (Lipinski definition) is 8. The van der Waals surface area contributed by atoms with Crippen LogP contribution in [0.1, 0.15) is 59.2 Å². The van der Waals surface area contributed by atoms with Crippen LogP contribution < -0.4 is 30.5 Å². The zero-order valence-electron chi connectivity index (χ0n) is 40.1. The summed E-state index contributed by atoms with van der Waals surface area (Å²) in [6.45, 7) is 4.40. The number of phenols is 3. The zero-order valence-corrected chi connectivity index (χ0v) is 44.0. The molecule has 3 amide bonds. The van der Waals surface area contributed by atoms with Crippen LogP contribution in [0.5, 0.6) is 23.0 Å². The minimum Gasteiger partial charge on any atom is -0.507 e. The van der Waals surface area contributed by atoms with Gasteiger partial charge in [0.15, 0.2) is 12.6 Å². The molecule has 3 aliphatic heterocycles. The Hall–Kier alpha value is -5.86. The molecule has 0 saturated carbocycles. The minimum absolute atomic E-state index is 0.0301. The SMILES string of the molecule is CNCCNC.CP=S.Ic1ccccc1.O=C1CC[C@@H](CO)N1.O=C1CC[C@@H](CO)N1c1ccccc1.O=Cc1c(O)cccc1O.O=Cc1c(O)cccc1OC[C@@H]1CCC(=O)N1c1ccccc1. The number of aldehydes is 2. The Morgan fingerprint density at radius 1 is 0.648 bits per heavy atom. The van der Waals surface area contributed by atoms with E-state index in [-0.39, 0.29) is 84.0 Å². The molecule has 16 nitrogen and oxygen atoms in total. The first-order chi connectivity index (χ1) is 34.3. The number of benzene rings is 5. The van der Waals surface area contributed by atoms with Crippen LogP contribution in [0.25, 0.3) is 0 Å². The van der Waals surface area contributed by atoms with Gasteiger partial charge in [-0.1, -0.05) is 78.5 Å². The number of aliphatic hydroxyl groups is 2. The van der Waals surface area contributed by atoms with Crippen LogP contribution in [0.2, 0.25) is 0 Å². The second-order valence-electron chi connectivity index (χ2n) is 15.4. The molecule has 0 unspecified atom stereocenters. The van der Waals surface area contributed by atoms with Gasteiger partial charge in [-0.3, -0.25) is 24.0 Å². The van der Waals surface area contributed by atoms with Gasteiger partial charge in [0.1, 0.15) is 29.6 Å². The van der Waals surface area contributed by atoms with E-state index >= 15 is 0 Å². The number of anilines is 2. The number of ether oxygens (including phenoxy) is 1. The molecule has 71 heavy (non-hydrogen) atoms. The molecule has 0 spiro atoms. The highest BCUT2D eigenvalue weighted by Crippen LogP contribution is 2.30. The molecule has 0 aromatic heterocycles. The Labute approximate surface area is 436 Å². The van der Waals surface area contributed by atoms with E-state index in [0.717, 1.165) is 44.7 Å². The molecule has 0 radical (unpaired) electrons. The molecule has 382 valence electrons. The van der Waals surface area contributed by atoms with Crippen molar-refractivity contribution in [1.82, 2.24) is 16.0 Å². The molecule has 3 atom stereocenters. The second-order valence-corrected chi connectivity index (χ2v) is 18.1. The van der Waals surface area contributed by atoms with Gasteiger partial charge in [-0.05, 0) is 131 Å². The lowest BCUT2D eigenvalue weighted by atomic mass is 10.2. The summed E-state index contributed by atoms with van der Waals surface area (Å²) >= 11 is 6.65. The predicted molar refractivity (Wildman–Crippen MR) is 291 cm³/mol. The van der Waals surface area contributed by atoms with E-state index < -0.39 is 0 Å². The predicted octanol–water partition coefficient (Wildman–Crippen LogP) is 6.86. The quantitative estimate of drug-likeness (QED) is 0.0276. The molecular formula is C52H65IN5O11PS. The summed E-state index contributed by atoms with van der Waals surface area (Å²) < 4.78 is 7.00. The summed E-state index contributed by atoms with van der Waals surface area (Å²) in [6, 6.07) is 37.9. The summed E-state index contributed by atoms with van der Waals surface area (Å²) in [5.41, 5.74) is 1.79. The summed E-state index contributed by atoms with van der Waals surface area (Å²) in [5.74, 6) is 0.0490. The van der Waals surface area contributed by atoms with Gasteiger partial charge in [-0.15, -0.1) is 0 Å². The third-order valence-corrected chi connectivity index (χ3v) is 11.1. The third-order valence-electron chi connectivity index (χ3n) is 10.4. The van der Waals surface area contributed by atoms with Crippen molar-refractivity contribution in [2.75, 3.05) is 63.5 Å². The zero-order chi connectivity index (χ0) is 52.4. The summed E-state index contributed by atoms with van der Waals surface area (Å²) in [6.07, 6.45) is 4.81. The molecular weight excluding hydrogens is 1060 g/mol. The monoisotopic (exact) mass is 1130 g/mol. The molecule has 3 heterocycles. The average molecular weight is 1130 g/mol. The van der Waals surface area contributed by atoms with Crippen molar-refractivity contribution in [2.24, 2.45) is 0 Å². The van der Waals surface area contributed by atoms with Crippen molar-refractivity contribution in [2.45, 2.75) is 56.7 Å². The molecule has 0 bridgehead atoms. The average Bonchev–Trinajstić information content (AvgIpc) is 4.11. The highest BCUT2D eigenvalue weighted by molar-refractivity contribution is 14.1. The molecule has 5 aromatic carbocycles. The van der Waals surface area contributed by atoms with Gasteiger partial charge in [-0.2, -0.15) is 0 Å². The number of amides is 3. The van der Waals surface area contributed by atoms with Crippen LogP contribution in [0, 0.1) is 3.57 Å². The van der Waals surface area contributed by atoms with Gasteiger partial charge in [0.05, 0.1) is 42.5 Å². The number of aliphatic hydroxyl groups excluding tert-OH is 2. The number of carbonyl (C=O) groups is 5. The van der Waals surface area contributed by atoms with Crippen LogP contribution in [-0.4, -0.2) is 128 Å². The van der Waals surface area contributed by atoms with E-state index in [2.05, 4.69) is 62.5 Å². The highest BCUT2D eigenvalue weighted by Gasteiger charge is 2.33. The van der Waals surface area contributed by atoms with Crippen LogP contribution in [0.4, 0.5) is 11.4 Å². The Morgan fingerprint density at radius 3 is 1.45 bits per heavy atom. The standard InChI is InChI=1S/C18H17NO4.C11H13NO2.C7H6O3.C6H5I.C5H9NO2.C4H12N2.CH3PS/c20-11-15-16(21)7-4-8-17(15)23-12-14-9-10-18(22)19(14)13-5-2-1-3-6-13;13-8-10-6-7-11(14)12(10)9-4-2-1-3-5-9;8-4-5-6(9)2-1-3-7(5)10;7-6-4-2-1-3-5-6;7-3-4-1-2-5(8)6-4;1-5-3-4-6-2;1-2-3/h1-8,11,14,21H,9-10,12H2;1-5,10,13H,6-8H2;1-4,9-10H;1-5H;4,7H,1-3H2,(H,6,8);5-6H,3-4H2,1-2H3;1H3/t14-;10-;;;4-;;/m00..0../s1. The second kappa shape index (κ2) is 36.1. The number of carbonyl (C=O) groups excluding carboxylic acids is 5. The maximum Gasteiger partial charge on any atom is 0.227 e. The van der Waals surface area contributed by atoms with Gasteiger partial charge >= 0.3 is 0 Å². The van der Waals surface area contributed by atoms with E-state index in [1.54, 1.807) is 21.9 Å². The molecule has 3 fully saturated rings. The van der Waals surface area contributed by atoms with Crippen molar-refractivity contribution in [3.05, 3.63) is 142 Å².